The van der Waals surface area contributed by atoms with E-state index < -0.39 is 0 Å². The molecule has 0 spiro atoms. The van der Waals surface area contributed by atoms with Gasteiger partial charge in [0, 0.05) is 18.8 Å². The lowest BCUT2D eigenvalue weighted by molar-refractivity contribution is 0.399. The van der Waals surface area contributed by atoms with Crippen LogP contribution in [-0.2, 0) is 6.42 Å². The standard InChI is InChI=1S/C15H25N3/c1-17(2)11-7-9-14-8-6-10-15(16-14)18-12-4-3-5-13-18/h6,8,10H,3-5,7,9,11-13H2,1-2H3. The predicted molar refractivity (Wildman–Crippen MR) is 77.2 cm³/mol. The first-order chi connectivity index (χ1) is 8.75. The first-order valence-corrected chi connectivity index (χ1v) is 7.11. The van der Waals surface area contributed by atoms with Crippen molar-refractivity contribution >= 4 is 5.82 Å². The summed E-state index contributed by atoms with van der Waals surface area (Å²) in [5.74, 6) is 1.18. The molecule has 0 amide bonds. The number of anilines is 1. The van der Waals surface area contributed by atoms with Crippen molar-refractivity contribution in [2.45, 2.75) is 32.1 Å². The van der Waals surface area contributed by atoms with Crippen molar-refractivity contribution < 1.29 is 0 Å². The summed E-state index contributed by atoms with van der Waals surface area (Å²) in [5, 5.41) is 0. The maximum Gasteiger partial charge on any atom is 0.128 e. The van der Waals surface area contributed by atoms with E-state index in [1.54, 1.807) is 0 Å². The largest absolute Gasteiger partial charge is 0.357 e. The first-order valence-electron chi connectivity index (χ1n) is 7.11. The lowest BCUT2D eigenvalue weighted by atomic mass is 10.1. The highest BCUT2D eigenvalue weighted by Gasteiger charge is 2.11. The summed E-state index contributed by atoms with van der Waals surface area (Å²) in [5.41, 5.74) is 1.24. The molecule has 1 aromatic heterocycles. The number of pyridine rings is 1. The molecule has 18 heavy (non-hydrogen) atoms. The Morgan fingerprint density at radius 1 is 1.17 bits per heavy atom. The molecule has 1 aliphatic rings. The monoisotopic (exact) mass is 247 g/mol. The summed E-state index contributed by atoms with van der Waals surface area (Å²) in [4.78, 5) is 9.46. The van der Waals surface area contributed by atoms with Gasteiger partial charge in [-0.1, -0.05) is 6.07 Å². The molecule has 2 heterocycles. The topological polar surface area (TPSA) is 19.4 Å². The Bertz CT molecular complexity index is 357. The molecule has 0 radical (unpaired) electrons. The van der Waals surface area contributed by atoms with E-state index in [0.717, 1.165) is 13.0 Å². The van der Waals surface area contributed by atoms with Gasteiger partial charge in [0.2, 0.25) is 0 Å². The Morgan fingerprint density at radius 3 is 2.67 bits per heavy atom. The number of hydrogen-bond donors (Lipinski definition) is 0. The summed E-state index contributed by atoms with van der Waals surface area (Å²) in [6, 6.07) is 6.46. The molecule has 0 unspecified atom stereocenters. The summed E-state index contributed by atoms with van der Waals surface area (Å²) in [6.45, 7) is 3.48. The van der Waals surface area contributed by atoms with Crippen molar-refractivity contribution in [3.63, 3.8) is 0 Å². The fourth-order valence-electron chi connectivity index (χ4n) is 2.48. The van der Waals surface area contributed by atoms with Crippen molar-refractivity contribution in [2.75, 3.05) is 38.6 Å². The van der Waals surface area contributed by atoms with Crippen LogP contribution in [0.5, 0.6) is 0 Å². The zero-order valence-corrected chi connectivity index (χ0v) is 11.7. The van der Waals surface area contributed by atoms with E-state index in [1.165, 1.54) is 50.3 Å². The molecule has 0 aromatic carbocycles. The number of hydrogen-bond acceptors (Lipinski definition) is 3. The van der Waals surface area contributed by atoms with E-state index >= 15 is 0 Å². The van der Waals surface area contributed by atoms with Gasteiger partial charge < -0.3 is 9.80 Å². The minimum absolute atomic E-state index is 1.08. The molecule has 3 nitrogen and oxygen atoms in total. The first kappa shape index (κ1) is 13.3. The van der Waals surface area contributed by atoms with Crippen LogP contribution in [0.4, 0.5) is 5.82 Å². The van der Waals surface area contributed by atoms with Gasteiger partial charge in [-0.3, -0.25) is 0 Å². The summed E-state index contributed by atoms with van der Waals surface area (Å²) >= 11 is 0. The summed E-state index contributed by atoms with van der Waals surface area (Å²) in [6.07, 6.45) is 6.27. The highest BCUT2D eigenvalue weighted by molar-refractivity contribution is 5.39. The van der Waals surface area contributed by atoms with Gasteiger partial charge in [0.1, 0.15) is 5.82 Å². The smallest absolute Gasteiger partial charge is 0.128 e. The van der Waals surface area contributed by atoms with E-state index in [-0.39, 0.29) is 0 Å². The molecule has 0 saturated carbocycles. The fraction of sp³-hybridized carbons (Fsp3) is 0.667. The van der Waals surface area contributed by atoms with Crippen LogP contribution in [0, 0.1) is 0 Å². The van der Waals surface area contributed by atoms with Gasteiger partial charge in [-0.15, -0.1) is 0 Å². The van der Waals surface area contributed by atoms with Crippen molar-refractivity contribution in [3.8, 4) is 0 Å². The third kappa shape index (κ3) is 3.98. The van der Waals surface area contributed by atoms with E-state index in [1.807, 2.05) is 0 Å². The Hall–Kier alpha value is -1.09. The summed E-state index contributed by atoms with van der Waals surface area (Å²) < 4.78 is 0. The van der Waals surface area contributed by atoms with Crippen molar-refractivity contribution in [1.29, 1.82) is 0 Å². The van der Waals surface area contributed by atoms with Gasteiger partial charge >= 0.3 is 0 Å². The van der Waals surface area contributed by atoms with E-state index in [0.29, 0.717) is 0 Å². The minimum Gasteiger partial charge on any atom is -0.357 e. The van der Waals surface area contributed by atoms with Crippen LogP contribution in [0.2, 0.25) is 0 Å². The average molecular weight is 247 g/mol. The second kappa shape index (κ2) is 6.74. The van der Waals surface area contributed by atoms with Crippen molar-refractivity contribution in [2.24, 2.45) is 0 Å². The van der Waals surface area contributed by atoms with Crippen LogP contribution < -0.4 is 4.90 Å². The summed E-state index contributed by atoms with van der Waals surface area (Å²) in [7, 11) is 4.25. The maximum atomic E-state index is 4.80. The Kier molecular flexibility index (Phi) is 5.00. The van der Waals surface area contributed by atoms with Crippen LogP contribution in [0.25, 0.3) is 0 Å². The third-order valence-electron chi connectivity index (χ3n) is 3.51. The fourth-order valence-corrected chi connectivity index (χ4v) is 2.48. The van der Waals surface area contributed by atoms with Gasteiger partial charge in [-0.25, -0.2) is 4.98 Å². The SMILES string of the molecule is CN(C)CCCc1cccc(N2CCCCC2)n1. The predicted octanol–water partition coefficient (Wildman–Crippen LogP) is 2.57. The van der Waals surface area contributed by atoms with Crippen molar-refractivity contribution in [1.82, 2.24) is 9.88 Å². The molecule has 1 saturated heterocycles. The molecule has 2 rings (SSSR count). The molecule has 0 bridgehead atoms. The molecule has 1 fully saturated rings. The van der Waals surface area contributed by atoms with E-state index in [9.17, 15) is 0 Å². The Balaban J connectivity index is 1.91. The third-order valence-corrected chi connectivity index (χ3v) is 3.51. The Morgan fingerprint density at radius 2 is 1.94 bits per heavy atom. The van der Waals surface area contributed by atoms with Crippen LogP contribution in [0.1, 0.15) is 31.4 Å². The zero-order valence-electron chi connectivity index (χ0n) is 11.7. The second-order valence-electron chi connectivity index (χ2n) is 5.44. The molecule has 3 heteroatoms. The van der Waals surface area contributed by atoms with Crippen LogP contribution in [0.3, 0.4) is 0 Å². The van der Waals surface area contributed by atoms with Gasteiger partial charge in [0.15, 0.2) is 0 Å². The highest BCUT2D eigenvalue weighted by Crippen LogP contribution is 2.18. The number of piperidine rings is 1. The number of aryl methyl sites for hydroxylation is 1. The molecule has 1 aliphatic heterocycles. The lowest BCUT2D eigenvalue weighted by Gasteiger charge is -2.28. The highest BCUT2D eigenvalue weighted by atomic mass is 15.2. The van der Waals surface area contributed by atoms with Gasteiger partial charge in [-0.2, -0.15) is 0 Å². The van der Waals surface area contributed by atoms with Gasteiger partial charge in [0.05, 0.1) is 0 Å². The molecular weight excluding hydrogens is 222 g/mol. The van der Waals surface area contributed by atoms with Gasteiger partial charge in [-0.05, 0) is 64.9 Å². The molecule has 0 atom stereocenters. The van der Waals surface area contributed by atoms with E-state index in [4.69, 9.17) is 4.98 Å². The lowest BCUT2D eigenvalue weighted by Crippen LogP contribution is -2.30. The van der Waals surface area contributed by atoms with Crippen molar-refractivity contribution in [3.05, 3.63) is 23.9 Å². The van der Waals surface area contributed by atoms with Crippen LogP contribution in [-0.4, -0.2) is 43.6 Å². The van der Waals surface area contributed by atoms with Gasteiger partial charge in [0.25, 0.3) is 0 Å². The maximum absolute atomic E-state index is 4.80. The zero-order chi connectivity index (χ0) is 12.8. The number of aromatic nitrogens is 1. The normalized spacial score (nSPS) is 16.3. The Labute approximate surface area is 111 Å². The number of rotatable bonds is 5. The average Bonchev–Trinajstić information content (AvgIpc) is 2.40. The molecule has 1 aromatic rings. The van der Waals surface area contributed by atoms with E-state index in [2.05, 4.69) is 42.1 Å². The quantitative estimate of drug-likeness (QED) is 0.797. The molecule has 0 aliphatic carbocycles. The number of nitrogens with zero attached hydrogens (tertiary/aromatic N) is 3. The van der Waals surface area contributed by atoms with Crippen LogP contribution in [0.15, 0.2) is 18.2 Å². The molecular formula is C15H25N3. The second-order valence-corrected chi connectivity index (χ2v) is 5.44. The van der Waals surface area contributed by atoms with Crippen LogP contribution >= 0.6 is 0 Å². The molecule has 100 valence electrons. The minimum atomic E-state index is 1.08. The molecule has 0 N–H and O–H groups in total.